The van der Waals surface area contributed by atoms with Crippen molar-refractivity contribution in [2.45, 2.75) is 25.3 Å². The van der Waals surface area contributed by atoms with E-state index in [9.17, 15) is 4.79 Å². The van der Waals surface area contributed by atoms with Gasteiger partial charge in [-0.25, -0.2) is 0 Å². The van der Waals surface area contributed by atoms with E-state index in [2.05, 4.69) is 19.6 Å². The third kappa shape index (κ3) is 2.68. The zero-order valence-electron chi connectivity index (χ0n) is 12.3. The van der Waals surface area contributed by atoms with Crippen molar-refractivity contribution in [2.75, 3.05) is 0 Å². The second-order valence-corrected chi connectivity index (χ2v) is 11.4. The van der Waals surface area contributed by atoms with E-state index in [1.54, 1.807) is 12.1 Å². The summed E-state index contributed by atoms with van der Waals surface area (Å²) in [6.45, 7) is 6.57. The van der Waals surface area contributed by atoms with Crippen molar-refractivity contribution in [1.82, 2.24) is 0 Å². The largest absolute Gasteiger partial charge is 0.309 e. The molecule has 0 bridgehead atoms. The van der Waals surface area contributed by atoms with Gasteiger partial charge in [-0.2, -0.15) is 0 Å². The van der Waals surface area contributed by atoms with Crippen LogP contribution in [-0.4, -0.2) is 19.5 Å². The summed E-state index contributed by atoms with van der Waals surface area (Å²) in [6.07, 6.45) is 5.72. The molecule has 1 aromatic carbocycles. The fourth-order valence-corrected chi connectivity index (χ4v) is 4.77. The van der Waals surface area contributed by atoms with Gasteiger partial charge in [-0.3, -0.25) is 4.79 Å². The molecular weight excluding hydrogens is 264 g/mol. The molecule has 1 aliphatic carbocycles. The van der Waals surface area contributed by atoms with E-state index in [1.807, 2.05) is 36.4 Å². The molecule has 20 heavy (non-hydrogen) atoms. The van der Waals surface area contributed by atoms with Crippen LogP contribution in [0.3, 0.4) is 0 Å². The first-order chi connectivity index (χ1) is 9.24. The summed E-state index contributed by atoms with van der Waals surface area (Å²) in [5.41, 5.74) is 12.3. The highest BCUT2D eigenvalue weighted by Crippen LogP contribution is 2.32. The Kier molecular flexibility index (Phi) is 3.82. The minimum absolute atomic E-state index is 0.0179. The second kappa shape index (κ2) is 5.13. The second-order valence-electron chi connectivity index (χ2n) is 6.36. The van der Waals surface area contributed by atoms with Crippen molar-refractivity contribution in [3.8, 4) is 0 Å². The number of hydrogen-bond donors (Lipinski definition) is 2. The summed E-state index contributed by atoms with van der Waals surface area (Å²) in [7, 11) is -1.67. The number of Topliss-reactive ketones (excluding diaryl/α,β-unsaturated/α-hetero) is 1. The standard InChI is InChI=1S/C16H22N2OSi/c1-20(2,3)14-11-7-10-13(16(14,17)18)15(19)12-8-5-4-6-9-12/h4-11,13H,17-18H2,1-3H3. The highest BCUT2D eigenvalue weighted by molar-refractivity contribution is 6.83. The lowest BCUT2D eigenvalue weighted by Crippen LogP contribution is -2.63. The minimum Gasteiger partial charge on any atom is -0.309 e. The highest BCUT2D eigenvalue weighted by atomic mass is 28.3. The third-order valence-electron chi connectivity index (χ3n) is 3.70. The summed E-state index contributed by atoms with van der Waals surface area (Å²) in [5, 5.41) is 1.03. The smallest absolute Gasteiger partial charge is 0.173 e. The molecule has 1 aromatic rings. The van der Waals surface area contributed by atoms with Crippen LogP contribution >= 0.6 is 0 Å². The average Bonchev–Trinajstić information content (AvgIpc) is 2.37. The van der Waals surface area contributed by atoms with Gasteiger partial charge in [-0.15, -0.1) is 0 Å². The van der Waals surface area contributed by atoms with Crippen LogP contribution < -0.4 is 11.5 Å². The number of allylic oxidation sites excluding steroid dienone is 2. The summed E-state index contributed by atoms with van der Waals surface area (Å²) in [5.74, 6) is -0.521. The molecule has 1 atom stereocenters. The molecule has 1 aliphatic rings. The molecule has 4 N–H and O–H groups in total. The number of benzene rings is 1. The van der Waals surface area contributed by atoms with Gasteiger partial charge in [0.1, 0.15) is 0 Å². The van der Waals surface area contributed by atoms with E-state index in [4.69, 9.17) is 11.5 Å². The monoisotopic (exact) mass is 286 g/mol. The van der Waals surface area contributed by atoms with Gasteiger partial charge in [-0.05, 0) is 5.20 Å². The van der Waals surface area contributed by atoms with Gasteiger partial charge in [0.25, 0.3) is 0 Å². The Morgan fingerprint density at radius 2 is 1.75 bits per heavy atom. The summed E-state index contributed by atoms with van der Waals surface area (Å²) in [4.78, 5) is 12.7. The normalized spacial score (nSPS) is 21.4. The van der Waals surface area contributed by atoms with Crippen molar-refractivity contribution in [3.63, 3.8) is 0 Å². The molecular formula is C16H22N2OSi. The Morgan fingerprint density at radius 3 is 2.30 bits per heavy atom. The molecule has 0 amide bonds. The van der Waals surface area contributed by atoms with Gasteiger partial charge in [0.2, 0.25) is 0 Å². The summed E-state index contributed by atoms with van der Waals surface area (Å²) < 4.78 is 0. The molecule has 1 unspecified atom stereocenters. The third-order valence-corrected chi connectivity index (χ3v) is 5.91. The number of rotatable bonds is 3. The number of carbonyl (C=O) groups is 1. The van der Waals surface area contributed by atoms with Crippen molar-refractivity contribution in [2.24, 2.45) is 17.4 Å². The molecule has 0 heterocycles. The van der Waals surface area contributed by atoms with E-state index in [1.165, 1.54) is 0 Å². The first-order valence-electron chi connectivity index (χ1n) is 6.81. The van der Waals surface area contributed by atoms with Crippen LogP contribution in [0.4, 0.5) is 0 Å². The lowest BCUT2D eigenvalue weighted by molar-refractivity contribution is 0.0909. The maximum absolute atomic E-state index is 12.7. The minimum atomic E-state index is -1.67. The van der Waals surface area contributed by atoms with Crippen LogP contribution in [0, 0.1) is 5.92 Å². The predicted molar refractivity (Wildman–Crippen MR) is 85.9 cm³/mol. The van der Waals surface area contributed by atoms with Gasteiger partial charge < -0.3 is 11.5 Å². The van der Waals surface area contributed by atoms with Gasteiger partial charge in [0.15, 0.2) is 5.78 Å². The van der Waals surface area contributed by atoms with E-state index >= 15 is 0 Å². The fourth-order valence-electron chi connectivity index (χ4n) is 2.72. The Balaban J connectivity index is 2.38. The van der Waals surface area contributed by atoms with Crippen LogP contribution in [-0.2, 0) is 0 Å². The van der Waals surface area contributed by atoms with Gasteiger partial charge in [0, 0.05) is 5.56 Å². The number of nitrogens with two attached hydrogens (primary N) is 2. The van der Waals surface area contributed by atoms with Gasteiger partial charge in [-0.1, -0.05) is 68.2 Å². The molecule has 0 saturated carbocycles. The fraction of sp³-hybridized carbons (Fsp3) is 0.312. The molecule has 106 valence electrons. The molecule has 0 aliphatic heterocycles. The molecule has 2 rings (SSSR count). The Labute approximate surface area is 121 Å². The van der Waals surface area contributed by atoms with E-state index < -0.39 is 19.7 Å². The zero-order chi connectivity index (χ0) is 15.0. The van der Waals surface area contributed by atoms with Crippen LogP contribution in [0.1, 0.15) is 10.4 Å². The molecule has 0 spiro atoms. The molecule has 0 saturated heterocycles. The van der Waals surface area contributed by atoms with Crippen LogP contribution in [0.25, 0.3) is 0 Å². The number of hydrogen-bond acceptors (Lipinski definition) is 3. The average molecular weight is 286 g/mol. The first kappa shape index (κ1) is 14.9. The van der Waals surface area contributed by atoms with E-state index in [0.717, 1.165) is 5.20 Å². The maximum Gasteiger partial charge on any atom is 0.173 e. The maximum atomic E-state index is 12.7. The lowest BCUT2D eigenvalue weighted by atomic mass is 9.83. The van der Waals surface area contributed by atoms with E-state index in [0.29, 0.717) is 5.56 Å². The molecule has 4 heteroatoms. The van der Waals surface area contributed by atoms with E-state index in [-0.39, 0.29) is 5.78 Å². The molecule has 3 nitrogen and oxygen atoms in total. The Morgan fingerprint density at radius 1 is 1.15 bits per heavy atom. The SMILES string of the molecule is C[Si](C)(C)C1=CC=CC(C(=O)c2ccccc2)C1(N)N. The first-order valence-corrected chi connectivity index (χ1v) is 10.3. The zero-order valence-corrected chi connectivity index (χ0v) is 13.3. The Hall–Kier alpha value is -1.49. The summed E-state index contributed by atoms with van der Waals surface area (Å²) in [6, 6.07) is 9.20. The van der Waals surface area contributed by atoms with Crippen molar-refractivity contribution in [1.29, 1.82) is 0 Å². The lowest BCUT2D eigenvalue weighted by Gasteiger charge is -2.41. The van der Waals surface area contributed by atoms with Crippen molar-refractivity contribution < 1.29 is 4.79 Å². The molecule has 0 fully saturated rings. The molecule has 0 aromatic heterocycles. The van der Waals surface area contributed by atoms with Crippen LogP contribution in [0.15, 0.2) is 53.8 Å². The van der Waals surface area contributed by atoms with Gasteiger partial charge >= 0.3 is 0 Å². The topological polar surface area (TPSA) is 69.1 Å². The van der Waals surface area contributed by atoms with Crippen LogP contribution in [0.5, 0.6) is 0 Å². The quantitative estimate of drug-likeness (QED) is 0.509. The van der Waals surface area contributed by atoms with Gasteiger partial charge in [0.05, 0.1) is 19.7 Å². The number of ketones is 1. The van der Waals surface area contributed by atoms with Crippen LogP contribution in [0.2, 0.25) is 19.6 Å². The highest BCUT2D eigenvalue weighted by Gasteiger charge is 2.43. The van der Waals surface area contributed by atoms with Crippen molar-refractivity contribution >= 4 is 13.9 Å². The molecule has 0 radical (unpaired) electrons. The summed E-state index contributed by atoms with van der Waals surface area (Å²) >= 11 is 0. The predicted octanol–water partition coefficient (Wildman–Crippen LogP) is 2.47. The van der Waals surface area contributed by atoms with Crippen molar-refractivity contribution in [3.05, 3.63) is 59.3 Å². The number of carbonyl (C=O) groups excluding carboxylic acids is 1. The Bertz CT molecular complexity index is 568.